The average Bonchev–Trinajstić information content (AvgIpc) is 2.36. The van der Waals surface area contributed by atoms with E-state index < -0.39 is 11.9 Å². The predicted molar refractivity (Wildman–Crippen MR) is 74.9 cm³/mol. The molecule has 2 N–H and O–H groups in total. The summed E-state index contributed by atoms with van der Waals surface area (Å²) >= 11 is 0. The Kier molecular flexibility index (Phi) is 5.52. The van der Waals surface area contributed by atoms with Gasteiger partial charge in [0, 0.05) is 13.1 Å². The number of carbonyl (C=O) groups is 2. The van der Waals surface area contributed by atoms with Gasteiger partial charge >= 0.3 is 5.97 Å². The van der Waals surface area contributed by atoms with Crippen LogP contribution in [0.2, 0.25) is 0 Å². The zero-order valence-corrected chi connectivity index (χ0v) is 12.0. The van der Waals surface area contributed by atoms with Crippen molar-refractivity contribution in [2.45, 2.75) is 6.92 Å². The van der Waals surface area contributed by atoms with Crippen LogP contribution in [0.1, 0.15) is 15.9 Å². The molecule has 0 saturated heterocycles. The number of likely N-dealkylation sites (N-methyl/N-ethyl adjacent to an activating group) is 1. The largest absolute Gasteiger partial charge is 0.507 e. The summed E-state index contributed by atoms with van der Waals surface area (Å²) in [6, 6.07) is 4.84. The minimum Gasteiger partial charge on any atom is -0.507 e. The molecule has 0 unspecified atom stereocenters. The molecule has 1 aromatic carbocycles. The van der Waals surface area contributed by atoms with Gasteiger partial charge in [0.25, 0.3) is 5.91 Å². The minimum atomic E-state index is -1.08. The van der Waals surface area contributed by atoms with E-state index in [1.165, 1.54) is 11.0 Å². The molecular weight excluding hydrogens is 260 g/mol. The fraction of sp³-hybridized carbons (Fsp3) is 0.429. The Morgan fingerprint density at radius 2 is 1.85 bits per heavy atom. The van der Waals surface area contributed by atoms with Crippen molar-refractivity contribution in [1.82, 2.24) is 9.80 Å². The number of benzene rings is 1. The molecule has 6 nitrogen and oxygen atoms in total. The lowest BCUT2D eigenvalue weighted by Gasteiger charge is -2.23. The van der Waals surface area contributed by atoms with Crippen LogP contribution >= 0.6 is 0 Å². The van der Waals surface area contributed by atoms with E-state index in [9.17, 15) is 14.7 Å². The smallest absolute Gasteiger partial charge is 0.323 e. The molecule has 1 rings (SSSR count). The Hall–Kier alpha value is -2.08. The highest BCUT2D eigenvalue weighted by atomic mass is 16.4. The molecule has 0 fully saturated rings. The van der Waals surface area contributed by atoms with Crippen LogP contribution < -0.4 is 0 Å². The maximum atomic E-state index is 12.4. The monoisotopic (exact) mass is 280 g/mol. The standard InChI is InChI=1S/C14H20N2O4/c1-10-5-4-6-11(13(10)19)14(20)16(9-12(17)18)8-7-15(2)3/h4-6,19H,7-9H2,1-3H3,(H,17,18). The maximum Gasteiger partial charge on any atom is 0.323 e. The van der Waals surface area contributed by atoms with E-state index in [0.29, 0.717) is 12.1 Å². The maximum absolute atomic E-state index is 12.4. The summed E-state index contributed by atoms with van der Waals surface area (Å²) in [4.78, 5) is 26.3. The highest BCUT2D eigenvalue weighted by Crippen LogP contribution is 2.22. The molecule has 0 spiro atoms. The highest BCUT2D eigenvalue weighted by molar-refractivity contribution is 5.98. The summed E-state index contributed by atoms with van der Waals surface area (Å²) in [6.07, 6.45) is 0. The molecular formula is C14H20N2O4. The van der Waals surface area contributed by atoms with Gasteiger partial charge < -0.3 is 20.0 Å². The zero-order chi connectivity index (χ0) is 15.3. The number of nitrogens with zero attached hydrogens (tertiary/aromatic N) is 2. The van der Waals surface area contributed by atoms with Gasteiger partial charge in [-0.25, -0.2) is 0 Å². The molecule has 0 aromatic heterocycles. The molecule has 0 aliphatic carbocycles. The van der Waals surface area contributed by atoms with Crippen LogP contribution in [0.4, 0.5) is 0 Å². The fourth-order valence-electron chi connectivity index (χ4n) is 1.74. The number of carboxylic acids is 1. The molecule has 0 heterocycles. The fourth-order valence-corrected chi connectivity index (χ4v) is 1.74. The number of carbonyl (C=O) groups excluding carboxylic acids is 1. The topological polar surface area (TPSA) is 81.1 Å². The van der Waals surface area contributed by atoms with E-state index in [4.69, 9.17) is 5.11 Å². The molecule has 6 heteroatoms. The van der Waals surface area contributed by atoms with E-state index in [1.54, 1.807) is 19.1 Å². The van der Waals surface area contributed by atoms with E-state index in [-0.39, 0.29) is 24.4 Å². The Morgan fingerprint density at radius 1 is 1.20 bits per heavy atom. The average molecular weight is 280 g/mol. The van der Waals surface area contributed by atoms with Crippen molar-refractivity contribution in [3.8, 4) is 5.75 Å². The third-order valence-electron chi connectivity index (χ3n) is 2.90. The first kappa shape index (κ1) is 16.0. The molecule has 1 amide bonds. The summed E-state index contributed by atoms with van der Waals surface area (Å²) in [7, 11) is 3.68. The zero-order valence-electron chi connectivity index (χ0n) is 12.0. The van der Waals surface area contributed by atoms with Gasteiger partial charge in [0.2, 0.25) is 0 Å². The third-order valence-corrected chi connectivity index (χ3v) is 2.90. The minimum absolute atomic E-state index is 0.0993. The van der Waals surface area contributed by atoms with Gasteiger partial charge in [0.05, 0.1) is 5.56 Å². The van der Waals surface area contributed by atoms with Gasteiger partial charge in [0.1, 0.15) is 12.3 Å². The van der Waals surface area contributed by atoms with Gasteiger partial charge in [0.15, 0.2) is 0 Å². The summed E-state index contributed by atoms with van der Waals surface area (Å²) in [6.45, 7) is 2.13. The number of hydrogen-bond acceptors (Lipinski definition) is 4. The first-order chi connectivity index (χ1) is 9.32. The number of rotatable bonds is 6. The molecule has 0 bridgehead atoms. The second-order valence-corrected chi connectivity index (χ2v) is 4.89. The molecule has 1 aromatic rings. The third kappa shape index (κ3) is 4.24. The van der Waals surface area contributed by atoms with Gasteiger partial charge in [-0.2, -0.15) is 0 Å². The first-order valence-electron chi connectivity index (χ1n) is 6.27. The van der Waals surface area contributed by atoms with Crippen molar-refractivity contribution >= 4 is 11.9 Å². The van der Waals surface area contributed by atoms with Crippen LogP contribution in [-0.2, 0) is 4.79 Å². The van der Waals surface area contributed by atoms with Gasteiger partial charge in [-0.05, 0) is 32.6 Å². The molecule has 0 atom stereocenters. The van der Waals surface area contributed by atoms with E-state index in [1.807, 2.05) is 19.0 Å². The lowest BCUT2D eigenvalue weighted by Crippen LogP contribution is -2.40. The summed E-state index contributed by atoms with van der Waals surface area (Å²) < 4.78 is 0. The summed E-state index contributed by atoms with van der Waals surface area (Å²) in [5.41, 5.74) is 0.712. The van der Waals surface area contributed by atoms with Crippen LogP contribution in [0, 0.1) is 6.92 Å². The van der Waals surface area contributed by atoms with Crippen molar-refractivity contribution in [2.75, 3.05) is 33.7 Å². The number of para-hydroxylation sites is 1. The van der Waals surface area contributed by atoms with Crippen molar-refractivity contribution < 1.29 is 19.8 Å². The molecule has 20 heavy (non-hydrogen) atoms. The number of phenols is 1. The van der Waals surface area contributed by atoms with Gasteiger partial charge in [-0.3, -0.25) is 9.59 Å². The van der Waals surface area contributed by atoms with Crippen molar-refractivity contribution in [1.29, 1.82) is 0 Å². The van der Waals surface area contributed by atoms with Crippen molar-refractivity contribution in [2.24, 2.45) is 0 Å². The van der Waals surface area contributed by atoms with Gasteiger partial charge in [-0.1, -0.05) is 12.1 Å². The summed E-state index contributed by atoms with van der Waals surface area (Å²) in [5, 5.41) is 18.8. The van der Waals surface area contributed by atoms with Crippen LogP contribution in [0.5, 0.6) is 5.75 Å². The van der Waals surface area contributed by atoms with E-state index >= 15 is 0 Å². The number of amides is 1. The second-order valence-electron chi connectivity index (χ2n) is 4.89. The first-order valence-corrected chi connectivity index (χ1v) is 6.27. The summed E-state index contributed by atoms with van der Waals surface area (Å²) in [5.74, 6) is -1.66. The van der Waals surface area contributed by atoms with Crippen LogP contribution in [0.3, 0.4) is 0 Å². The van der Waals surface area contributed by atoms with E-state index in [2.05, 4.69) is 0 Å². The van der Waals surface area contributed by atoms with Crippen molar-refractivity contribution in [3.05, 3.63) is 29.3 Å². The van der Waals surface area contributed by atoms with Crippen molar-refractivity contribution in [3.63, 3.8) is 0 Å². The molecule has 110 valence electrons. The number of aryl methyl sites for hydroxylation is 1. The Balaban J connectivity index is 2.97. The molecule has 0 aliphatic heterocycles. The van der Waals surface area contributed by atoms with Crippen LogP contribution in [0.15, 0.2) is 18.2 Å². The number of aliphatic carboxylic acids is 1. The van der Waals surface area contributed by atoms with E-state index in [0.717, 1.165) is 0 Å². The Labute approximate surface area is 118 Å². The normalized spacial score (nSPS) is 10.6. The highest BCUT2D eigenvalue weighted by Gasteiger charge is 2.21. The molecule has 0 saturated carbocycles. The number of carboxylic acid groups (broad SMARTS) is 1. The van der Waals surface area contributed by atoms with Crippen LogP contribution in [-0.4, -0.2) is 65.6 Å². The molecule has 0 radical (unpaired) electrons. The van der Waals surface area contributed by atoms with Gasteiger partial charge in [-0.15, -0.1) is 0 Å². The van der Waals surface area contributed by atoms with Crippen LogP contribution in [0.25, 0.3) is 0 Å². The number of aromatic hydroxyl groups is 1. The predicted octanol–water partition coefficient (Wildman–Crippen LogP) is 0.789. The number of phenolic OH excluding ortho intramolecular Hbond substituents is 1. The SMILES string of the molecule is Cc1cccc(C(=O)N(CCN(C)C)CC(=O)O)c1O. The Morgan fingerprint density at radius 3 is 2.40 bits per heavy atom. The lowest BCUT2D eigenvalue weighted by atomic mass is 10.1. The Bertz CT molecular complexity index is 500. The second kappa shape index (κ2) is 6.91. The lowest BCUT2D eigenvalue weighted by molar-refractivity contribution is -0.137. The molecule has 0 aliphatic rings. The number of hydrogen-bond donors (Lipinski definition) is 2. The quantitative estimate of drug-likeness (QED) is 0.805.